The number of alkyl halides is 4. The number of piperidine rings is 1. The lowest BCUT2D eigenvalue weighted by atomic mass is 10.1. The number of benzene rings is 1. The van der Waals surface area contributed by atoms with Crippen LogP contribution >= 0.6 is 11.3 Å². The van der Waals surface area contributed by atoms with Crippen molar-refractivity contribution >= 4 is 33.4 Å². The summed E-state index contributed by atoms with van der Waals surface area (Å²) in [4.78, 5) is 52.9. The zero-order valence-corrected chi connectivity index (χ0v) is 22.1. The van der Waals surface area contributed by atoms with Crippen LogP contribution in [-0.2, 0) is 22.6 Å². The zero-order valence-electron chi connectivity index (χ0n) is 21.3. The molecule has 0 radical (unpaired) electrons. The van der Waals surface area contributed by atoms with Crippen molar-refractivity contribution in [2.75, 3.05) is 13.1 Å². The first-order chi connectivity index (χ1) is 18.4. The van der Waals surface area contributed by atoms with Gasteiger partial charge in [0.15, 0.2) is 0 Å². The largest absolute Gasteiger partial charge is 0.462 e. The van der Waals surface area contributed by atoms with Gasteiger partial charge >= 0.3 is 17.8 Å². The molecule has 0 aliphatic carbocycles. The Kier molecular flexibility index (Phi) is 8.28. The van der Waals surface area contributed by atoms with Crippen molar-refractivity contribution in [3.05, 3.63) is 67.2 Å². The molecule has 3 aromatic rings. The van der Waals surface area contributed by atoms with Gasteiger partial charge < -0.3 is 9.64 Å². The summed E-state index contributed by atoms with van der Waals surface area (Å²) in [6, 6.07) is 7.81. The molecule has 4 rings (SSSR count). The zero-order chi connectivity index (χ0) is 28.5. The number of esters is 1. The molecule has 0 saturated carbocycles. The second-order valence-electron chi connectivity index (χ2n) is 9.43. The quantitative estimate of drug-likeness (QED) is 0.312. The SMILES string of the molecule is CC(=O)OC1CCN(C(=O)c2sc3c(c2C)c(=O)n(CC(F)c2ccccc2)c(=O)n3CCC(F)(F)F)CC1. The summed E-state index contributed by atoms with van der Waals surface area (Å²) < 4.78 is 61.1. The number of thiophene rings is 1. The summed E-state index contributed by atoms with van der Waals surface area (Å²) in [5, 5.41) is -0.0832. The number of amides is 1. The molecule has 2 aromatic heterocycles. The van der Waals surface area contributed by atoms with Crippen molar-refractivity contribution in [1.82, 2.24) is 14.0 Å². The molecule has 0 N–H and O–H groups in total. The van der Waals surface area contributed by atoms with Gasteiger partial charge in [0.05, 0.1) is 23.2 Å². The maximum atomic E-state index is 15.1. The molecule has 1 atom stereocenters. The van der Waals surface area contributed by atoms with Gasteiger partial charge in [0.25, 0.3) is 11.5 Å². The fourth-order valence-electron chi connectivity index (χ4n) is 4.68. The lowest BCUT2D eigenvalue weighted by Crippen LogP contribution is -2.41. The highest BCUT2D eigenvalue weighted by Gasteiger charge is 2.32. The summed E-state index contributed by atoms with van der Waals surface area (Å²) in [7, 11) is 0. The summed E-state index contributed by atoms with van der Waals surface area (Å²) in [6.45, 7) is 1.86. The van der Waals surface area contributed by atoms with Gasteiger partial charge in [-0.1, -0.05) is 30.3 Å². The van der Waals surface area contributed by atoms with Crippen molar-refractivity contribution in [1.29, 1.82) is 0 Å². The third kappa shape index (κ3) is 6.23. The number of halogens is 4. The van der Waals surface area contributed by atoms with Crippen LogP contribution in [0.2, 0.25) is 0 Å². The van der Waals surface area contributed by atoms with E-state index in [1.165, 1.54) is 30.9 Å². The number of ether oxygens (including phenoxy) is 1. The number of aromatic nitrogens is 2. The Balaban J connectivity index is 1.75. The van der Waals surface area contributed by atoms with Crippen LogP contribution in [0, 0.1) is 6.92 Å². The first kappa shape index (κ1) is 28.5. The van der Waals surface area contributed by atoms with Crippen molar-refractivity contribution in [2.45, 2.75) is 64.7 Å². The third-order valence-electron chi connectivity index (χ3n) is 6.67. The van der Waals surface area contributed by atoms with Crippen LogP contribution in [0.5, 0.6) is 0 Å². The Morgan fingerprint density at radius 1 is 1.10 bits per heavy atom. The van der Waals surface area contributed by atoms with Crippen molar-refractivity contribution < 1.29 is 31.9 Å². The maximum Gasteiger partial charge on any atom is 0.390 e. The van der Waals surface area contributed by atoms with Gasteiger partial charge in [0, 0.05) is 39.4 Å². The predicted octanol–water partition coefficient (Wildman–Crippen LogP) is 4.36. The summed E-state index contributed by atoms with van der Waals surface area (Å²) in [6.07, 6.45) is -7.19. The summed E-state index contributed by atoms with van der Waals surface area (Å²) >= 11 is 0.779. The Bertz CT molecular complexity index is 1490. The van der Waals surface area contributed by atoms with Crippen LogP contribution in [0.3, 0.4) is 0 Å². The number of hydrogen-bond donors (Lipinski definition) is 0. The molecule has 0 bridgehead atoms. The lowest BCUT2D eigenvalue weighted by molar-refractivity contribution is -0.148. The van der Waals surface area contributed by atoms with Gasteiger partial charge in [-0.3, -0.25) is 23.5 Å². The fourth-order valence-corrected chi connectivity index (χ4v) is 5.96. The third-order valence-corrected chi connectivity index (χ3v) is 7.98. The van der Waals surface area contributed by atoms with E-state index in [9.17, 15) is 32.3 Å². The second kappa shape index (κ2) is 11.3. The molecule has 39 heavy (non-hydrogen) atoms. The minimum atomic E-state index is -4.59. The van der Waals surface area contributed by atoms with Gasteiger partial charge in [-0.05, 0) is 18.1 Å². The number of fused-ring (bicyclic) bond motifs is 1. The van der Waals surface area contributed by atoms with E-state index >= 15 is 4.39 Å². The Labute approximate surface area is 224 Å². The molecule has 1 aliphatic heterocycles. The van der Waals surface area contributed by atoms with Crippen LogP contribution in [0.1, 0.15) is 53.2 Å². The van der Waals surface area contributed by atoms with E-state index in [4.69, 9.17) is 4.74 Å². The molecule has 1 aliphatic rings. The van der Waals surface area contributed by atoms with Crippen molar-refractivity contribution in [3.8, 4) is 0 Å². The minimum absolute atomic E-state index is 0.0590. The first-order valence-electron chi connectivity index (χ1n) is 12.4. The maximum absolute atomic E-state index is 15.1. The number of aryl methyl sites for hydroxylation is 2. The van der Waals surface area contributed by atoms with Gasteiger partial charge in [0.1, 0.15) is 17.1 Å². The molecule has 1 aromatic carbocycles. The molecule has 13 heteroatoms. The standard InChI is InChI=1S/C26H27F4N3O5S/c1-15-20-22(35)33(14-19(27)17-6-4-3-5-7-17)25(37)32(13-10-26(28,29)30)24(20)39-21(15)23(36)31-11-8-18(9-12-31)38-16(2)34/h3-7,18-19H,8-14H2,1-2H3. The van der Waals surface area contributed by atoms with E-state index < -0.39 is 55.0 Å². The Hall–Kier alpha value is -3.48. The number of rotatable bonds is 7. The van der Waals surface area contributed by atoms with Gasteiger partial charge in [-0.15, -0.1) is 11.3 Å². The van der Waals surface area contributed by atoms with Gasteiger partial charge in [-0.25, -0.2) is 9.18 Å². The van der Waals surface area contributed by atoms with E-state index in [1.54, 1.807) is 18.2 Å². The highest BCUT2D eigenvalue weighted by Crippen LogP contribution is 2.31. The van der Waals surface area contributed by atoms with E-state index in [-0.39, 0.29) is 45.4 Å². The summed E-state index contributed by atoms with van der Waals surface area (Å²) in [5.41, 5.74) is -1.51. The van der Waals surface area contributed by atoms with Crippen LogP contribution in [0.4, 0.5) is 17.6 Å². The second-order valence-corrected chi connectivity index (χ2v) is 10.4. The fraction of sp³-hybridized carbons (Fsp3) is 0.462. The monoisotopic (exact) mass is 569 g/mol. The van der Waals surface area contributed by atoms with Crippen molar-refractivity contribution in [2.24, 2.45) is 0 Å². The lowest BCUT2D eigenvalue weighted by Gasteiger charge is -2.31. The Morgan fingerprint density at radius 2 is 1.74 bits per heavy atom. The Morgan fingerprint density at radius 3 is 2.33 bits per heavy atom. The normalized spacial score (nSPS) is 15.5. The van der Waals surface area contributed by atoms with Gasteiger partial charge in [-0.2, -0.15) is 13.2 Å². The molecule has 1 unspecified atom stereocenters. The molecule has 1 fully saturated rings. The molecule has 1 amide bonds. The highest BCUT2D eigenvalue weighted by atomic mass is 32.1. The molecular formula is C26H27F4N3O5S. The number of carbonyl (C=O) groups is 2. The molecule has 0 spiro atoms. The van der Waals surface area contributed by atoms with Crippen LogP contribution in [-0.4, -0.2) is 51.3 Å². The predicted molar refractivity (Wildman–Crippen MR) is 137 cm³/mol. The molecule has 210 valence electrons. The average Bonchev–Trinajstić information content (AvgIpc) is 3.22. The topological polar surface area (TPSA) is 90.6 Å². The van der Waals surface area contributed by atoms with E-state index in [0.717, 1.165) is 15.9 Å². The van der Waals surface area contributed by atoms with Crippen LogP contribution in [0.15, 0.2) is 39.9 Å². The van der Waals surface area contributed by atoms with Crippen LogP contribution in [0.25, 0.3) is 10.2 Å². The number of hydrogen-bond acceptors (Lipinski definition) is 6. The number of carbonyl (C=O) groups excluding carboxylic acids is 2. The number of nitrogens with zero attached hydrogens (tertiary/aromatic N) is 3. The smallest absolute Gasteiger partial charge is 0.390 e. The molecule has 8 nitrogen and oxygen atoms in total. The van der Waals surface area contributed by atoms with E-state index in [1.807, 2.05) is 0 Å². The van der Waals surface area contributed by atoms with Gasteiger partial charge in [0.2, 0.25) is 0 Å². The number of likely N-dealkylation sites (tertiary alicyclic amines) is 1. The highest BCUT2D eigenvalue weighted by molar-refractivity contribution is 7.20. The molecule has 3 heterocycles. The average molecular weight is 570 g/mol. The van der Waals surface area contributed by atoms with Crippen LogP contribution < -0.4 is 11.2 Å². The van der Waals surface area contributed by atoms with E-state index in [2.05, 4.69) is 0 Å². The van der Waals surface area contributed by atoms with E-state index in [0.29, 0.717) is 17.4 Å². The molecular weight excluding hydrogens is 542 g/mol. The van der Waals surface area contributed by atoms with Crippen molar-refractivity contribution in [3.63, 3.8) is 0 Å². The summed E-state index contributed by atoms with van der Waals surface area (Å²) in [5.74, 6) is -0.862. The first-order valence-corrected chi connectivity index (χ1v) is 13.2. The minimum Gasteiger partial charge on any atom is -0.462 e. The molecule has 1 saturated heterocycles.